The van der Waals surface area contributed by atoms with Gasteiger partial charge in [-0.1, -0.05) is 110 Å². The highest BCUT2D eigenvalue weighted by Crippen LogP contribution is 2.59. The van der Waals surface area contributed by atoms with Crippen LogP contribution in [-0.4, -0.2) is 4.57 Å². The van der Waals surface area contributed by atoms with E-state index in [1.54, 1.807) is 5.56 Å². The Hall–Kier alpha value is -5.60. The van der Waals surface area contributed by atoms with Crippen molar-refractivity contribution < 1.29 is 0 Å². The second-order valence-corrected chi connectivity index (χ2v) is 13.6. The van der Waals surface area contributed by atoms with Gasteiger partial charge in [-0.3, -0.25) is 0 Å². The van der Waals surface area contributed by atoms with Gasteiger partial charge >= 0.3 is 0 Å². The minimum Gasteiger partial charge on any atom is -0.314 e. The molecule has 0 spiro atoms. The number of hydrogen-bond donors (Lipinski definition) is 0. The van der Waals surface area contributed by atoms with Crippen molar-refractivity contribution in [3.63, 3.8) is 0 Å². The number of allylic oxidation sites excluding steroid dienone is 2. The molecule has 0 bridgehead atoms. The lowest BCUT2D eigenvalue weighted by atomic mass is 9.67. The quantitative estimate of drug-likeness (QED) is 0.182. The molecule has 0 fully saturated rings. The summed E-state index contributed by atoms with van der Waals surface area (Å²) in [6.45, 7) is 2.52. The van der Waals surface area contributed by atoms with Crippen LogP contribution in [0.25, 0.3) is 49.0 Å². The van der Waals surface area contributed by atoms with E-state index in [9.17, 15) is 0 Å². The summed E-state index contributed by atoms with van der Waals surface area (Å²) in [4.78, 5) is 2.52. The molecule has 1 aromatic heterocycles. The Morgan fingerprint density at radius 1 is 0.596 bits per heavy atom. The van der Waals surface area contributed by atoms with Gasteiger partial charge in [0.1, 0.15) is 0 Å². The number of rotatable bonds is 4. The normalized spacial score (nSPS) is 18.6. The molecule has 1 heterocycles. The lowest BCUT2D eigenvalue weighted by molar-refractivity contribution is 0.372. The maximum Gasteiger partial charge on any atom is 0.0542 e. The smallest absolute Gasteiger partial charge is 0.0542 e. The predicted molar refractivity (Wildman–Crippen MR) is 198 cm³/mol. The highest BCUT2D eigenvalue weighted by atomic mass is 15.2. The molecule has 2 atom stereocenters. The molecular formula is C45H34N2. The van der Waals surface area contributed by atoms with Crippen molar-refractivity contribution in [2.75, 3.05) is 4.90 Å². The van der Waals surface area contributed by atoms with Crippen LogP contribution in [0, 0.1) is 0 Å². The number of nitrogens with zero attached hydrogens (tertiary/aromatic N) is 2. The Kier molecular flexibility index (Phi) is 5.63. The van der Waals surface area contributed by atoms with E-state index in [0.717, 1.165) is 12.8 Å². The van der Waals surface area contributed by atoms with E-state index in [1.165, 1.54) is 71.7 Å². The van der Waals surface area contributed by atoms with Crippen LogP contribution in [0.1, 0.15) is 36.8 Å². The third-order valence-corrected chi connectivity index (χ3v) is 11.0. The predicted octanol–water partition coefficient (Wildman–Crippen LogP) is 12.0. The molecule has 2 aliphatic carbocycles. The molecule has 0 N–H and O–H groups in total. The van der Waals surface area contributed by atoms with Gasteiger partial charge in [0.25, 0.3) is 0 Å². The van der Waals surface area contributed by atoms with Gasteiger partial charge < -0.3 is 9.47 Å². The Balaban J connectivity index is 1.16. The number of fused-ring (bicyclic) bond motifs is 8. The van der Waals surface area contributed by atoms with Crippen LogP contribution >= 0.6 is 0 Å². The molecule has 0 saturated heterocycles. The zero-order valence-electron chi connectivity index (χ0n) is 26.4. The van der Waals surface area contributed by atoms with Gasteiger partial charge in [-0.2, -0.15) is 0 Å². The summed E-state index contributed by atoms with van der Waals surface area (Å²) >= 11 is 0. The zero-order chi connectivity index (χ0) is 31.1. The summed E-state index contributed by atoms with van der Waals surface area (Å²) < 4.78 is 2.40. The van der Waals surface area contributed by atoms with Gasteiger partial charge in [0.2, 0.25) is 0 Å². The van der Waals surface area contributed by atoms with E-state index in [4.69, 9.17) is 0 Å². The standard InChI is InChI=1S/C45H34N2/c1-45-29-35(23-25-40(45)44-36-19-9-8-13-30(36)27-31-14-12-21-39(45)43(31)44)46(32-15-4-2-5-16-32)34-24-26-42-38(28-34)37-20-10-11-22-41(37)47(42)33-17-6-3-7-18-33/h2-24,26-28,40H,25,29H2,1H3. The van der Waals surface area contributed by atoms with Crippen LogP contribution in [0.2, 0.25) is 0 Å². The lowest BCUT2D eigenvalue weighted by Crippen LogP contribution is -2.33. The largest absolute Gasteiger partial charge is 0.314 e. The molecule has 2 unspecified atom stereocenters. The molecule has 10 rings (SSSR count). The van der Waals surface area contributed by atoms with Crippen molar-refractivity contribution in [3.8, 4) is 5.69 Å². The van der Waals surface area contributed by atoms with E-state index in [1.807, 2.05) is 0 Å². The van der Waals surface area contributed by atoms with Crippen LogP contribution in [0.15, 0.2) is 163 Å². The number of hydrogen-bond acceptors (Lipinski definition) is 1. The summed E-state index contributed by atoms with van der Waals surface area (Å²) in [5.74, 6) is 0.446. The fourth-order valence-corrected chi connectivity index (χ4v) is 8.99. The van der Waals surface area contributed by atoms with Crippen molar-refractivity contribution in [1.82, 2.24) is 4.57 Å². The molecule has 2 heteroatoms. The SMILES string of the molecule is CC12CC(N(c3ccccc3)c3ccc4c(c3)c3ccccc3n4-c3ccccc3)=CCC1c1c3ccccc3cc3cccc2c13. The minimum absolute atomic E-state index is 0.00345. The summed E-state index contributed by atoms with van der Waals surface area (Å²) in [5, 5.41) is 8.16. The van der Waals surface area contributed by atoms with Gasteiger partial charge in [-0.15, -0.1) is 0 Å². The fourth-order valence-electron chi connectivity index (χ4n) is 8.99. The molecule has 7 aromatic carbocycles. The molecule has 47 heavy (non-hydrogen) atoms. The number of para-hydroxylation sites is 3. The van der Waals surface area contributed by atoms with Gasteiger partial charge in [0.05, 0.1) is 11.0 Å². The van der Waals surface area contributed by atoms with Crippen LogP contribution in [0.3, 0.4) is 0 Å². The molecule has 224 valence electrons. The highest BCUT2D eigenvalue weighted by Gasteiger charge is 2.47. The second-order valence-electron chi connectivity index (χ2n) is 13.6. The van der Waals surface area contributed by atoms with E-state index in [0.29, 0.717) is 5.92 Å². The molecule has 0 amide bonds. The first-order valence-corrected chi connectivity index (χ1v) is 16.8. The van der Waals surface area contributed by atoms with Gasteiger partial charge in [0, 0.05) is 38.9 Å². The van der Waals surface area contributed by atoms with Crippen LogP contribution in [0.5, 0.6) is 0 Å². The van der Waals surface area contributed by atoms with Gasteiger partial charge in [-0.05, 0) is 106 Å². The molecule has 0 aliphatic heterocycles. The van der Waals surface area contributed by atoms with Crippen molar-refractivity contribution in [2.24, 2.45) is 0 Å². The third-order valence-electron chi connectivity index (χ3n) is 11.0. The maximum absolute atomic E-state index is 2.54. The molecule has 8 aromatic rings. The number of anilines is 2. The Morgan fingerprint density at radius 3 is 2.15 bits per heavy atom. The average Bonchev–Trinajstić information content (AvgIpc) is 3.59. The Morgan fingerprint density at radius 2 is 1.30 bits per heavy atom. The van der Waals surface area contributed by atoms with Crippen molar-refractivity contribution in [3.05, 3.63) is 175 Å². The maximum atomic E-state index is 2.54. The summed E-state index contributed by atoms with van der Waals surface area (Å²) in [7, 11) is 0. The van der Waals surface area contributed by atoms with E-state index in [2.05, 4.69) is 174 Å². The fraction of sp³-hybridized carbons (Fsp3) is 0.111. The molecule has 2 nitrogen and oxygen atoms in total. The molecule has 2 aliphatic rings. The lowest BCUT2D eigenvalue weighted by Gasteiger charge is -2.41. The second kappa shape index (κ2) is 9.95. The average molecular weight is 603 g/mol. The monoisotopic (exact) mass is 602 g/mol. The summed E-state index contributed by atoms with van der Waals surface area (Å²) in [6, 6.07) is 55.9. The Bertz CT molecular complexity index is 2540. The van der Waals surface area contributed by atoms with Gasteiger partial charge in [-0.25, -0.2) is 0 Å². The van der Waals surface area contributed by atoms with Crippen LogP contribution < -0.4 is 4.90 Å². The van der Waals surface area contributed by atoms with Crippen molar-refractivity contribution in [2.45, 2.75) is 31.1 Å². The van der Waals surface area contributed by atoms with E-state index in [-0.39, 0.29) is 5.41 Å². The van der Waals surface area contributed by atoms with E-state index < -0.39 is 0 Å². The zero-order valence-corrected chi connectivity index (χ0v) is 26.4. The summed E-state index contributed by atoms with van der Waals surface area (Å²) in [5.41, 5.74) is 10.5. The Labute approximate surface area is 274 Å². The van der Waals surface area contributed by atoms with E-state index >= 15 is 0 Å². The number of aromatic nitrogens is 1. The highest BCUT2D eigenvalue weighted by molar-refractivity contribution is 6.11. The molecular weight excluding hydrogens is 569 g/mol. The number of benzene rings is 7. The molecule has 0 radical (unpaired) electrons. The van der Waals surface area contributed by atoms with Crippen molar-refractivity contribution in [1.29, 1.82) is 0 Å². The molecule has 0 saturated carbocycles. The van der Waals surface area contributed by atoms with Crippen LogP contribution in [-0.2, 0) is 5.41 Å². The minimum atomic E-state index is -0.00345. The first-order valence-electron chi connectivity index (χ1n) is 16.8. The third kappa shape index (κ3) is 3.79. The van der Waals surface area contributed by atoms with Crippen molar-refractivity contribution >= 4 is 54.7 Å². The topological polar surface area (TPSA) is 8.17 Å². The first-order chi connectivity index (χ1) is 23.2. The first kappa shape index (κ1) is 26.6. The summed E-state index contributed by atoms with van der Waals surface area (Å²) in [6.07, 6.45) is 4.53. The van der Waals surface area contributed by atoms with Crippen LogP contribution in [0.4, 0.5) is 11.4 Å². The van der Waals surface area contributed by atoms with Gasteiger partial charge in [0.15, 0.2) is 0 Å².